The van der Waals surface area contributed by atoms with Gasteiger partial charge in [-0.1, -0.05) is 48.9 Å². The number of hydrogen-bond acceptors (Lipinski definition) is 10. The van der Waals surface area contributed by atoms with Gasteiger partial charge in [0.1, 0.15) is 23.7 Å². The topological polar surface area (TPSA) is 114 Å². The minimum absolute atomic E-state index is 0.0486. The summed E-state index contributed by atoms with van der Waals surface area (Å²) in [5.74, 6) is -1.26. The minimum Gasteiger partial charge on any atom is -0.459 e. The molecule has 2 aromatic rings. The lowest BCUT2D eigenvalue weighted by Gasteiger charge is -2.43. The second-order valence-electron chi connectivity index (χ2n) is 8.56. The number of halogens is 1. The van der Waals surface area contributed by atoms with Gasteiger partial charge in [-0.25, -0.2) is 9.07 Å². The first kappa shape index (κ1) is 27.1. The van der Waals surface area contributed by atoms with E-state index in [9.17, 15) is 14.0 Å². The lowest BCUT2D eigenvalue weighted by Crippen LogP contribution is -2.53. The lowest BCUT2D eigenvalue weighted by molar-refractivity contribution is -0.269. The van der Waals surface area contributed by atoms with Crippen LogP contribution in [0.5, 0.6) is 0 Å². The van der Waals surface area contributed by atoms with Gasteiger partial charge in [-0.2, -0.15) is 0 Å². The average molecular weight is 511 g/mol. The van der Waals surface area contributed by atoms with E-state index in [1.54, 1.807) is 23.0 Å². The highest BCUT2D eigenvalue weighted by molar-refractivity contribution is 7.77. The number of nitrogens with zero attached hydrogens (tertiary/aromatic N) is 3. The van der Waals surface area contributed by atoms with Gasteiger partial charge in [-0.3, -0.25) is 9.59 Å². The van der Waals surface area contributed by atoms with E-state index in [0.29, 0.717) is 30.7 Å². The molecule has 0 aliphatic carbocycles. The number of unbranched alkanes of at least 4 members (excludes halogenated alkanes) is 1. The monoisotopic (exact) mass is 510 g/mol. The van der Waals surface area contributed by atoms with Crippen LogP contribution in [0.15, 0.2) is 30.5 Å². The van der Waals surface area contributed by atoms with Crippen molar-refractivity contribution in [2.75, 3.05) is 6.61 Å². The van der Waals surface area contributed by atoms with E-state index >= 15 is 0 Å². The molecule has 1 aliphatic rings. The fraction of sp³-hybridized carbons (Fsp3) is 0.565. The number of benzene rings is 1. The highest BCUT2D eigenvalue weighted by Crippen LogP contribution is 2.34. The highest BCUT2D eigenvalue weighted by Gasteiger charge is 2.44. The molecular formula is C23H31FN4O6S. The Morgan fingerprint density at radius 3 is 2.77 bits per heavy atom. The second-order valence-corrected chi connectivity index (χ2v) is 8.75. The Kier molecular flexibility index (Phi) is 10.0. The van der Waals surface area contributed by atoms with E-state index < -0.39 is 30.4 Å². The summed E-state index contributed by atoms with van der Waals surface area (Å²) in [5, 5.41) is 8.28. The van der Waals surface area contributed by atoms with Gasteiger partial charge in [0.05, 0.1) is 12.7 Å². The molecular weight excluding hydrogens is 479 g/mol. The number of esters is 1. The molecule has 2 heterocycles. The molecule has 3 rings (SSSR count). The van der Waals surface area contributed by atoms with Crippen molar-refractivity contribution in [1.82, 2.24) is 19.9 Å². The maximum Gasteiger partial charge on any atom is 0.325 e. The Morgan fingerprint density at radius 2 is 2.06 bits per heavy atom. The number of thiol groups is 1. The van der Waals surface area contributed by atoms with Crippen molar-refractivity contribution >= 4 is 24.8 Å². The Morgan fingerprint density at radius 1 is 1.26 bits per heavy atom. The molecule has 0 saturated carbocycles. The molecule has 1 aliphatic heterocycles. The third kappa shape index (κ3) is 7.72. The molecule has 5 unspecified atom stereocenters. The lowest BCUT2D eigenvalue weighted by atomic mass is 9.84. The summed E-state index contributed by atoms with van der Waals surface area (Å²) in [6.07, 6.45) is 1.60. The molecule has 1 saturated heterocycles. The van der Waals surface area contributed by atoms with Crippen LogP contribution in [-0.2, 0) is 35.2 Å². The zero-order valence-corrected chi connectivity index (χ0v) is 20.8. The van der Waals surface area contributed by atoms with Crippen molar-refractivity contribution < 1.29 is 33.0 Å². The van der Waals surface area contributed by atoms with Crippen molar-refractivity contribution in [3.8, 4) is 11.3 Å². The molecule has 1 aromatic carbocycles. The summed E-state index contributed by atoms with van der Waals surface area (Å²) < 4.78 is 33.0. The van der Waals surface area contributed by atoms with Crippen LogP contribution >= 0.6 is 12.8 Å². The molecule has 1 fully saturated rings. The van der Waals surface area contributed by atoms with Crippen LogP contribution in [0.3, 0.4) is 0 Å². The van der Waals surface area contributed by atoms with Gasteiger partial charge < -0.3 is 19.0 Å². The Bertz CT molecular complexity index is 992. The molecule has 10 nitrogen and oxygen atoms in total. The SMILES string of the molecule is CC(=O)OC1C(Cn2cc(-c3cccc(F)c3)nn2)OC(OCCCCC(=O)ONS)C(C)C1C. The summed E-state index contributed by atoms with van der Waals surface area (Å²) in [5.41, 5.74) is 1.12. The van der Waals surface area contributed by atoms with Crippen LogP contribution in [0, 0.1) is 17.7 Å². The molecule has 1 N–H and O–H groups in total. The standard InChI is InChI=1S/C23H31FN4O6S/c1-14-15(2)23(31-10-5-4-9-21(30)34-27-35)33-20(22(14)32-16(3)29)13-28-12-19(25-26-28)17-7-6-8-18(24)11-17/h6-8,11-12,14-15,20,22-23,27,35H,4-5,9-10,13H2,1-3H3. The molecule has 0 spiro atoms. The van der Waals surface area contributed by atoms with Crippen LogP contribution in [0.25, 0.3) is 11.3 Å². The molecule has 12 heteroatoms. The molecule has 0 radical (unpaired) electrons. The van der Waals surface area contributed by atoms with Crippen LogP contribution in [0.1, 0.15) is 40.0 Å². The summed E-state index contributed by atoms with van der Waals surface area (Å²) >= 11 is 3.62. The van der Waals surface area contributed by atoms with Crippen molar-refractivity contribution in [3.63, 3.8) is 0 Å². The molecule has 0 bridgehead atoms. The molecule has 5 atom stereocenters. The first-order chi connectivity index (χ1) is 16.8. The third-order valence-corrected chi connectivity index (χ3v) is 6.09. The molecule has 1 aromatic heterocycles. The van der Waals surface area contributed by atoms with Crippen molar-refractivity contribution in [1.29, 1.82) is 0 Å². The van der Waals surface area contributed by atoms with Crippen molar-refractivity contribution in [2.24, 2.45) is 11.8 Å². The number of rotatable bonds is 11. The fourth-order valence-corrected chi connectivity index (χ4v) is 4.10. The summed E-state index contributed by atoms with van der Waals surface area (Å²) in [7, 11) is 0. The van der Waals surface area contributed by atoms with Crippen molar-refractivity contribution in [2.45, 2.75) is 65.1 Å². The maximum absolute atomic E-state index is 13.6. The van der Waals surface area contributed by atoms with Gasteiger partial charge in [0.25, 0.3) is 0 Å². The number of carbonyl (C=O) groups is 2. The van der Waals surface area contributed by atoms with Gasteiger partial charge in [0.2, 0.25) is 0 Å². The zero-order chi connectivity index (χ0) is 25.4. The predicted molar refractivity (Wildman–Crippen MR) is 126 cm³/mol. The molecule has 35 heavy (non-hydrogen) atoms. The summed E-state index contributed by atoms with van der Waals surface area (Å²) in [6.45, 7) is 5.99. The van der Waals surface area contributed by atoms with E-state index in [1.165, 1.54) is 19.1 Å². The number of nitrogens with one attached hydrogen (secondary N) is 1. The first-order valence-electron chi connectivity index (χ1n) is 11.5. The van der Waals surface area contributed by atoms with E-state index in [-0.39, 0.29) is 30.6 Å². The van der Waals surface area contributed by atoms with Crippen molar-refractivity contribution in [3.05, 3.63) is 36.3 Å². The predicted octanol–water partition coefficient (Wildman–Crippen LogP) is 3.09. The van der Waals surface area contributed by atoms with Gasteiger partial charge >= 0.3 is 11.9 Å². The largest absolute Gasteiger partial charge is 0.459 e. The van der Waals surface area contributed by atoms with Crippen LogP contribution in [-0.4, -0.2) is 52.0 Å². The average Bonchev–Trinajstić information content (AvgIpc) is 3.28. The fourth-order valence-electron chi connectivity index (χ4n) is 4.00. The Hall–Kier alpha value is -2.54. The first-order valence-corrected chi connectivity index (χ1v) is 11.9. The summed E-state index contributed by atoms with van der Waals surface area (Å²) in [4.78, 5) is 29.8. The summed E-state index contributed by atoms with van der Waals surface area (Å²) in [6, 6.07) is 6.10. The molecule has 192 valence electrons. The molecule has 0 amide bonds. The Labute approximate surface area is 208 Å². The van der Waals surface area contributed by atoms with E-state index in [2.05, 4.69) is 32.8 Å². The third-order valence-electron chi connectivity index (χ3n) is 6.00. The van der Waals surface area contributed by atoms with E-state index in [0.717, 1.165) is 0 Å². The van der Waals surface area contributed by atoms with E-state index in [1.807, 2.05) is 13.8 Å². The zero-order valence-electron chi connectivity index (χ0n) is 19.9. The Balaban J connectivity index is 1.64. The number of hydrogen-bond donors (Lipinski definition) is 2. The number of carbonyl (C=O) groups excluding carboxylic acids is 2. The van der Waals surface area contributed by atoms with E-state index in [4.69, 9.17) is 14.2 Å². The van der Waals surface area contributed by atoms with Crippen LogP contribution in [0.4, 0.5) is 4.39 Å². The number of ether oxygens (including phenoxy) is 3. The number of aromatic nitrogens is 3. The normalized spacial score (nSPS) is 24.2. The highest BCUT2D eigenvalue weighted by atomic mass is 32.1. The van der Waals surface area contributed by atoms with Gasteiger partial charge in [0, 0.05) is 37.4 Å². The van der Waals surface area contributed by atoms with Gasteiger partial charge in [-0.15, -0.1) is 5.10 Å². The maximum atomic E-state index is 13.6. The van der Waals surface area contributed by atoms with Gasteiger partial charge in [-0.05, 0) is 25.0 Å². The van der Waals surface area contributed by atoms with Crippen LogP contribution in [0.2, 0.25) is 0 Å². The smallest absolute Gasteiger partial charge is 0.325 e. The van der Waals surface area contributed by atoms with Crippen LogP contribution < -0.4 is 4.89 Å². The quantitative estimate of drug-likeness (QED) is 0.204. The van der Waals surface area contributed by atoms with Gasteiger partial charge in [0.15, 0.2) is 6.29 Å². The minimum atomic E-state index is -0.534. The second kappa shape index (κ2) is 13.0.